The molecule has 176 valence electrons. The summed E-state index contributed by atoms with van der Waals surface area (Å²) in [5.74, 6) is 0.476. The first kappa shape index (κ1) is 24.6. The zero-order valence-electron chi connectivity index (χ0n) is 19.4. The molecule has 6 nitrogen and oxygen atoms in total. The second-order valence-electron chi connectivity index (χ2n) is 9.28. The molecule has 1 saturated heterocycles. The SMILES string of the molecule is CCOC(=O)CC1(c2ccc(OC(C)(C)C)cc2)CN(Cc2ccccc2)CCS1(O)O. The number of rotatable bonds is 7. The van der Waals surface area contributed by atoms with Crippen LogP contribution in [0, 0.1) is 0 Å². The lowest BCUT2D eigenvalue weighted by Gasteiger charge is -2.56. The summed E-state index contributed by atoms with van der Waals surface area (Å²) in [6, 6.07) is 17.4. The first-order valence-corrected chi connectivity index (χ1v) is 12.7. The van der Waals surface area contributed by atoms with E-state index < -0.39 is 21.3 Å². The van der Waals surface area contributed by atoms with Crippen molar-refractivity contribution in [3.8, 4) is 5.75 Å². The van der Waals surface area contributed by atoms with Gasteiger partial charge in [-0.15, -0.1) is 0 Å². The summed E-state index contributed by atoms with van der Waals surface area (Å²) in [6.07, 6.45) is -0.0893. The van der Waals surface area contributed by atoms with Crippen LogP contribution in [0.1, 0.15) is 45.2 Å². The van der Waals surface area contributed by atoms with E-state index in [1.54, 1.807) is 6.92 Å². The Morgan fingerprint density at radius 3 is 2.34 bits per heavy atom. The minimum Gasteiger partial charge on any atom is -0.488 e. The van der Waals surface area contributed by atoms with E-state index in [9.17, 15) is 13.9 Å². The number of carbonyl (C=O) groups is 1. The van der Waals surface area contributed by atoms with E-state index in [0.29, 0.717) is 30.9 Å². The van der Waals surface area contributed by atoms with Crippen molar-refractivity contribution in [1.82, 2.24) is 4.90 Å². The number of hydrogen-bond donors (Lipinski definition) is 2. The maximum atomic E-state index is 12.6. The van der Waals surface area contributed by atoms with Crippen molar-refractivity contribution >= 4 is 16.6 Å². The second-order valence-corrected chi connectivity index (χ2v) is 11.8. The van der Waals surface area contributed by atoms with E-state index >= 15 is 0 Å². The molecule has 1 unspecified atom stereocenters. The molecule has 2 aromatic rings. The largest absolute Gasteiger partial charge is 0.488 e. The highest BCUT2D eigenvalue weighted by Gasteiger charge is 2.50. The number of ether oxygens (including phenoxy) is 2. The highest BCUT2D eigenvalue weighted by Crippen LogP contribution is 2.62. The van der Waals surface area contributed by atoms with Gasteiger partial charge in [-0.2, -0.15) is 10.6 Å². The summed E-state index contributed by atoms with van der Waals surface area (Å²) in [6.45, 7) is 9.50. The Bertz CT molecular complexity index is 895. The quantitative estimate of drug-likeness (QED) is 0.546. The van der Waals surface area contributed by atoms with Gasteiger partial charge in [0, 0.05) is 19.6 Å². The third-order valence-corrected chi connectivity index (χ3v) is 8.10. The first-order chi connectivity index (χ1) is 15.0. The zero-order valence-corrected chi connectivity index (χ0v) is 20.2. The summed E-state index contributed by atoms with van der Waals surface area (Å²) < 4.78 is 32.6. The van der Waals surface area contributed by atoms with Gasteiger partial charge >= 0.3 is 5.97 Å². The number of nitrogens with zero attached hydrogens (tertiary/aromatic N) is 1. The van der Waals surface area contributed by atoms with Crippen molar-refractivity contribution < 1.29 is 23.4 Å². The molecule has 3 rings (SSSR count). The minimum atomic E-state index is -3.11. The molecule has 0 aliphatic carbocycles. The average molecular weight is 462 g/mol. The predicted octanol–water partition coefficient (Wildman–Crippen LogP) is 5.28. The Hall–Kier alpha value is -2.06. The van der Waals surface area contributed by atoms with Crippen LogP contribution < -0.4 is 4.74 Å². The van der Waals surface area contributed by atoms with Crippen molar-refractivity contribution in [3.63, 3.8) is 0 Å². The zero-order chi connectivity index (χ0) is 23.4. The molecule has 0 saturated carbocycles. The van der Waals surface area contributed by atoms with Crippen molar-refractivity contribution in [3.05, 3.63) is 65.7 Å². The molecule has 2 N–H and O–H groups in total. The van der Waals surface area contributed by atoms with E-state index in [1.165, 1.54) is 0 Å². The van der Waals surface area contributed by atoms with E-state index in [1.807, 2.05) is 63.2 Å². The van der Waals surface area contributed by atoms with Crippen molar-refractivity contribution in [2.75, 3.05) is 25.4 Å². The molecule has 0 radical (unpaired) electrons. The van der Waals surface area contributed by atoms with Gasteiger partial charge < -0.3 is 9.47 Å². The van der Waals surface area contributed by atoms with E-state index in [2.05, 4.69) is 17.0 Å². The van der Waals surface area contributed by atoms with Crippen molar-refractivity contribution in [2.24, 2.45) is 0 Å². The molecule has 1 heterocycles. The number of benzene rings is 2. The second kappa shape index (κ2) is 9.83. The van der Waals surface area contributed by atoms with Gasteiger partial charge in [0.25, 0.3) is 0 Å². The summed E-state index contributed by atoms with van der Waals surface area (Å²) in [4.78, 5) is 14.8. The van der Waals surface area contributed by atoms with Crippen LogP contribution >= 0.6 is 10.6 Å². The molecule has 0 amide bonds. The van der Waals surface area contributed by atoms with Crippen LogP contribution in [0.5, 0.6) is 5.75 Å². The Morgan fingerprint density at radius 2 is 1.75 bits per heavy atom. The van der Waals surface area contributed by atoms with Crippen LogP contribution in [-0.2, 0) is 20.8 Å². The molecule has 1 atom stereocenters. The smallest absolute Gasteiger partial charge is 0.308 e. The molecular formula is C25H35NO5S. The number of esters is 1. The Morgan fingerprint density at radius 1 is 1.09 bits per heavy atom. The molecule has 7 heteroatoms. The molecule has 32 heavy (non-hydrogen) atoms. The Kier molecular flexibility index (Phi) is 7.55. The molecule has 2 aromatic carbocycles. The maximum Gasteiger partial charge on any atom is 0.308 e. The minimum absolute atomic E-state index is 0.0893. The maximum absolute atomic E-state index is 12.6. The van der Waals surface area contributed by atoms with Gasteiger partial charge in [0.1, 0.15) is 16.1 Å². The Labute approximate surface area is 192 Å². The summed E-state index contributed by atoms with van der Waals surface area (Å²) >= 11 is 0. The Balaban J connectivity index is 1.96. The van der Waals surface area contributed by atoms with Gasteiger partial charge in [0.2, 0.25) is 0 Å². The fourth-order valence-corrected chi connectivity index (χ4v) is 6.31. The third-order valence-electron chi connectivity index (χ3n) is 5.59. The monoisotopic (exact) mass is 461 g/mol. The fraction of sp³-hybridized carbons (Fsp3) is 0.480. The summed E-state index contributed by atoms with van der Waals surface area (Å²) in [5.41, 5.74) is 1.51. The normalized spacial score (nSPS) is 22.2. The fourth-order valence-electron chi connectivity index (χ4n) is 4.15. The van der Waals surface area contributed by atoms with Crippen LogP contribution in [0.4, 0.5) is 0 Å². The summed E-state index contributed by atoms with van der Waals surface area (Å²) in [7, 11) is -3.11. The van der Waals surface area contributed by atoms with E-state index in [0.717, 1.165) is 5.56 Å². The van der Waals surface area contributed by atoms with Crippen LogP contribution in [0.25, 0.3) is 0 Å². The van der Waals surface area contributed by atoms with Crippen LogP contribution in [0.15, 0.2) is 54.6 Å². The lowest BCUT2D eigenvalue weighted by atomic mass is 9.93. The van der Waals surface area contributed by atoms with Crippen molar-refractivity contribution in [2.45, 2.75) is 51.0 Å². The van der Waals surface area contributed by atoms with Gasteiger partial charge in [-0.25, -0.2) is 0 Å². The molecule has 1 aliphatic heterocycles. The number of carbonyl (C=O) groups excluding carboxylic acids is 1. The van der Waals surface area contributed by atoms with Crippen molar-refractivity contribution in [1.29, 1.82) is 0 Å². The van der Waals surface area contributed by atoms with Crippen LogP contribution in [-0.4, -0.2) is 51.0 Å². The highest BCUT2D eigenvalue weighted by atomic mass is 32.3. The molecular weight excluding hydrogens is 426 g/mol. The average Bonchev–Trinajstić information content (AvgIpc) is 2.71. The third kappa shape index (κ3) is 5.84. The molecule has 1 fully saturated rings. The predicted molar refractivity (Wildman–Crippen MR) is 129 cm³/mol. The molecule has 0 bridgehead atoms. The van der Waals surface area contributed by atoms with Gasteiger partial charge in [0.15, 0.2) is 0 Å². The molecule has 0 aromatic heterocycles. The van der Waals surface area contributed by atoms with Gasteiger partial charge in [0.05, 0.1) is 18.8 Å². The number of hydrogen-bond acceptors (Lipinski definition) is 6. The molecule has 1 aliphatic rings. The van der Waals surface area contributed by atoms with E-state index in [4.69, 9.17) is 9.47 Å². The van der Waals surface area contributed by atoms with Crippen LogP contribution in [0.2, 0.25) is 0 Å². The standard InChI is InChI=1S/C25H35NO5S/c1-5-30-23(27)17-25(21-11-13-22(14-12-21)31-24(2,3)4)19-26(15-16-32(25,28)29)18-20-9-7-6-8-10-20/h6-14,28-29H,5,15-19H2,1-4H3. The van der Waals surface area contributed by atoms with Crippen LogP contribution in [0.3, 0.4) is 0 Å². The first-order valence-electron chi connectivity index (χ1n) is 11.0. The van der Waals surface area contributed by atoms with Gasteiger partial charge in [-0.3, -0.25) is 18.8 Å². The van der Waals surface area contributed by atoms with E-state index in [-0.39, 0.29) is 24.4 Å². The van der Waals surface area contributed by atoms with Gasteiger partial charge in [-0.05, 0) is 51.0 Å². The summed E-state index contributed by atoms with van der Waals surface area (Å²) in [5, 5.41) is 0. The lowest BCUT2D eigenvalue weighted by Crippen LogP contribution is -2.52. The lowest BCUT2D eigenvalue weighted by molar-refractivity contribution is -0.144. The topological polar surface area (TPSA) is 79.2 Å². The van der Waals surface area contributed by atoms with Gasteiger partial charge in [-0.1, -0.05) is 42.5 Å². The molecule has 0 spiro atoms. The highest BCUT2D eigenvalue weighted by molar-refractivity contribution is 8.25.